The second-order valence-corrected chi connectivity index (χ2v) is 5.89. The van der Waals surface area contributed by atoms with Gasteiger partial charge in [-0.3, -0.25) is 14.6 Å². The summed E-state index contributed by atoms with van der Waals surface area (Å²) in [6.45, 7) is 1.74. The van der Waals surface area contributed by atoms with Crippen LogP contribution in [0.1, 0.15) is 15.9 Å². The Labute approximate surface area is 144 Å². The Hall–Kier alpha value is -2.60. The molecule has 1 aromatic heterocycles. The van der Waals surface area contributed by atoms with Crippen LogP contribution in [0.3, 0.4) is 0 Å². The van der Waals surface area contributed by atoms with Crippen LogP contribution in [0, 0.1) is 0 Å². The first-order valence-corrected chi connectivity index (χ1v) is 7.99. The Morgan fingerprint density at radius 3 is 2.79 bits per heavy atom. The lowest BCUT2D eigenvalue weighted by molar-refractivity contribution is -0.123. The number of hydrogen-bond acceptors (Lipinski definition) is 4. The number of halogens is 1. The number of rotatable bonds is 4. The lowest BCUT2D eigenvalue weighted by Gasteiger charge is -2.26. The zero-order valence-electron chi connectivity index (χ0n) is 13.0. The molecule has 1 aromatic carbocycles. The van der Waals surface area contributed by atoms with Gasteiger partial charge in [-0.2, -0.15) is 0 Å². The van der Waals surface area contributed by atoms with Crippen molar-refractivity contribution in [3.63, 3.8) is 0 Å². The number of amides is 2. The van der Waals surface area contributed by atoms with E-state index >= 15 is 0 Å². The van der Waals surface area contributed by atoms with Gasteiger partial charge >= 0.3 is 0 Å². The van der Waals surface area contributed by atoms with Crippen LogP contribution in [0.5, 0.6) is 0 Å². The van der Waals surface area contributed by atoms with Crippen LogP contribution >= 0.6 is 11.6 Å². The molecule has 0 saturated carbocycles. The van der Waals surface area contributed by atoms with Crippen LogP contribution in [-0.2, 0) is 11.3 Å². The molecule has 0 aliphatic carbocycles. The van der Waals surface area contributed by atoms with E-state index in [1.54, 1.807) is 29.4 Å². The highest BCUT2D eigenvalue weighted by Gasteiger charge is 2.21. The zero-order valence-corrected chi connectivity index (χ0v) is 13.7. The number of nitrogens with zero attached hydrogens (tertiary/aromatic N) is 2. The third kappa shape index (κ3) is 3.83. The quantitative estimate of drug-likeness (QED) is 0.888. The third-order valence-corrected chi connectivity index (χ3v) is 4.08. The molecule has 1 fully saturated rings. The van der Waals surface area contributed by atoms with Crippen LogP contribution in [0.2, 0.25) is 5.02 Å². The molecule has 0 bridgehead atoms. The summed E-state index contributed by atoms with van der Waals surface area (Å²) >= 11 is 6.05. The number of hydrogen-bond donors (Lipinski definition) is 2. The van der Waals surface area contributed by atoms with Gasteiger partial charge in [0.2, 0.25) is 5.91 Å². The molecule has 1 saturated heterocycles. The highest BCUT2D eigenvalue weighted by Crippen LogP contribution is 2.20. The average Bonchev–Trinajstić information content (AvgIpc) is 2.61. The summed E-state index contributed by atoms with van der Waals surface area (Å²) in [6, 6.07) is 9.14. The smallest absolute Gasteiger partial charge is 0.254 e. The van der Waals surface area contributed by atoms with Gasteiger partial charge < -0.3 is 15.5 Å². The van der Waals surface area contributed by atoms with Crippen molar-refractivity contribution in [2.24, 2.45) is 0 Å². The van der Waals surface area contributed by atoms with Crippen LogP contribution in [0.4, 0.5) is 5.69 Å². The summed E-state index contributed by atoms with van der Waals surface area (Å²) in [5.41, 5.74) is 2.41. The molecule has 24 heavy (non-hydrogen) atoms. The van der Waals surface area contributed by atoms with E-state index in [9.17, 15) is 9.59 Å². The van der Waals surface area contributed by atoms with Crippen molar-refractivity contribution in [1.82, 2.24) is 15.2 Å². The second-order valence-electron chi connectivity index (χ2n) is 5.48. The fraction of sp³-hybridized carbons (Fsp3) is 0.235. The molecular weight excluding hydrogens is 328 g/mol. The Kier molecular flexibility index (Phi) is 4.96. The maximum atomic E-state index is 12.4. The van der Waals surface area contributed by atoms with Gasteiger partial charge in [-0.1, -0.05) is 23.7 Å². The van der Waals surface area contributed by atoms with Gasteiger partial charge in [-0.25, -0.2) is 0 Å². The molecule has 0 atom stereocenters. The monoisotopic (exact) mass is 344 g/mol. The van der Waals surface area contributed by atoms with Gasteiger partial charge in [0.1, 0.15) is 0 Å². The fourth-order valence-electron chi connectivity index (χ4n) is 2.48. The van der Waals surface area contributed by atoms with Gasteiger partial charge in [-0.15, -0.1) is 0 Å². The van der Waals surface area contributed by atoms with E-state index < -0.39 is 0 Å². The predicted octanol–water partition coefficient (Wildman–Crippen LogP) is 1.92. The van der Waals surface area contributed by atoms with Crippen LogP contribution in [0.15, 0.2) is 42.7 Å². The molecular formula is C17H17ClN4O2. The standard InChI is InChI=1S/C17H17ClN4O2/c18-14-10-19-6-5-15(14)21-9-12-1-3-13(4-2-12)17(24)22-8-7-20-16(23)11-22/h1-6,10H,7-9,11H2,(H,19,21)(H,20,23). The van der Waals surface area contributed by atoms with Crippen molar-refractivity contribution in [2.75, 3.05) is 25.0 Å². The van der Waals surface area contributed by atoms with E-state index in [1.165, 1.54) is 0 Å². The molecule has 0 unspecified atom stereocenters. The SMILES string of the molecule is O=C1CN(C(=O)c2ccc(CNc3ccncc3Cl)cc2)CCN1. The summed E-state index contributed by atoms with van der Waals surface area (Å²) in [4.78, 5) is 29.3. The summed E-state index contributed by atoms with van der Waals surface area (Å²) in [6.07, 6.45) is 3.26. The largest absolute Gasteiger partial charge is 0.380 e. The highest BCUT2D eigenvalue weighted by atomic mass is 35.5. The molecule has 2 heterocycles. The first-order chi connectivity index (χ1) is 11.6. The second kappa shape index (κ2) is 7.31. The van der Waals surface area contributed by atoms with Crippen molar-refractivity contribution in [3.8, 4) is 0 Å². The van der Waals surface area contributed by atoms with Gasteiger partial charge in [0.05, 0.1) is 17.3 Å². The van der Waals surface area contributed by atoms with Gasteiger partial charge in [0.15, 0.2) is 0 Å². The molecule has 2 N–H and O–H groups in total. The van der Waals surface area contributed by atoms with E-state index in [0.717, 1.165) is 11.3 Å². The molecule has 124 valence electrons. The average molecular weight is 345 g/mol. The Morgan fingerprint density at radius 1 is 1.29 bits per heavy atom. The first-order valence-electron chi connectivity index (χ1n) is 7.62. The lowest BCUT2D eigenvalue weighted by atomic mass is 10.1. The molecule has 7 heteroatoms. The molecule has 0 radical (unpaired) electrons. The third-order valence-electron chi connectivity index (χ3n) is 3.78. The van der Waals surface area contributed by atoms with Crippen molar-refractivity contribution >= 4 is 29.1 Å². The zero-order chi connectivity index (χ0) is 16.9. The number of anilines is 1. The van der Waals surface area contributed by atoms with E-state index in [-0.39, 0.29) is 18.4 Å². The van der Waals surface area contributed by atoms with E-state index in [2.05, 4.69) is 15.6 Å². The molecule has 2 aromatic rings. The normalized spacial score (nSPS) is 14.2. The Balaban J connectivity index is 1.62. The van der Waals surface area contributed by atoms with Crippen molar-refractivity contribution in [1.29, 1.82) is 0 Å². The van der Waals surface area contributed by atoms with Gasteiger partial charge in [0, 0.05) is 37.6 Å². The minimum Gasteiger partial charge on any atom is -0.380 e. The molecule has 6 nitrogen and oxygen atoms in total. The fourth-order valence-corrected chi connectivity index (χ4v) is 2.66. The first kappa shape index (κ1) is 16.3. The Morgan fingerprint density at radius 2 is 2.08 bits per heavy atom. The van der Waals surface area contributed by atoms with Gasteiger partial charge in [-0.05, 0) is 23.8 Å². The number of aromatic nitrogens is 1. The van der Waals surface area contributed by atoms with Crippen LogP contribution < -0.4 is 10.6 Å². The summed E-state index contributed by atoms with van der Waals surface area (Å²) < 4.78 is 0. The maximum absolute atomic E-state index is 12.4. The number of piperazine rings is 1. The van der Waals surface area contributed by atoms with Crippen molar-refractivity contribution in [2.45, 2.75) is 6.54 Å². The minimum atomic E-state index is -0.124. The van der Waals surface area contributed by atoms with E-state index in [4.69, 9.17) is 11.6 Å². The molecule has 1 aliphatic rings. The molecule has 0 spiro atoms. The highest BCUT2D eigenvalue weighted by molar-refractivity contribution is 6.33. The maximum Gasteiger partial charge on any atom is 0.254 e. The summed E-state index contributed by atoms with van der Waals surface area (Å²) in [7, 11) is 0. The van der Waals surface area contributed by atoms with Crippen LogP contribution in [0.25, 0.3) is 0 Å². The number of benzene rings is 1. The molecule has 3 rings (SSSR count). The van der Waals surface area contributed by atoms with E-state index in [0.29, 0.717) is 30.2 Å². The lowest BCUT2D eigenvalue weighted by Crippen LogP contribution is -2.49. The minimum absolute atomic E-state index is 0.114. The van der Waals surface area contributed by atoms with Crippen LogP contribution in [-0.4, -0.2) is 41.3 Å². The number of carbonyl (C=O) groups excluding carboxylic acids is 2. The van der Waals surface area contributed by atoms with Crippen molar-refractivity contribution in [3.05, 3.63) is 58.9 Å². The number of nitrogens with one attached hydrogen (secondary N) is 2. The Bertz CT molecular complexity index is 749. The summed E-state index contributed by atoms with van der Waals surface area (Å²) in [5.74, 6) is -0.244. The number of pyridine rings is 1. The predicted molar refractivity (Wildman–Crippen MR) is 91.9 cm³/mol. The molecule has 2 amide bonds. The van der Waals surface area contributed by atoms with Crippen molar-refractivity contribution < 1.29 is 9.59 Å². The van der Waals surface area contributed by atoms with Gasteiger partial charge in [0.25, 0.3) is 5.91 Å². The van der Waals surface area contributed by atoms with E-state index in [1.807, 2.05) is 18.2 Å². The number of carbonyl (C=O) groups is 2. The summed E-state index contributed by atoms with van der Waals surface area (Å²) in [5, 5.41) is 6.50. The molecule has 1 aliphatic heterocycles. The topological polar surface area (TPSA) is 74.3 Å².